The first-order chi connectivity index (χ1) is 22.2. The fourth-order valence-electron chi connectivity index (χ4n) is 5.83. The van der Waals surface area contributed by atoms with Crippen molar-refractivity contribution in [2.75, 3.05) is 26.4 Å². The molecule has 4 amide bonds. The Morgan fingerprint density at radius 2 is 1.24 bits per heavy atom. The van der Waals surface area contributed by atoms with E-state index in [9.17, 15) is 19.2 Å². The summed E-state index contributed by atoms with van der Waals surface area (Å²) in [4.78, 5) is 59.3. The second-order valence-electron chi connectivity index (χ2n) is 10.5. The minimum atomic E-state index is -0.774. The number of carbonyl (C=O) groups excluding carboxylic acids is 4. The Kier molecular flexibility index (Phi) is 11.7. The Balaban J connectivity index is 1.81. The molecule has 46 heavy (non-hydrogen) atoms. The predicted molar refractivity (Wildman–Crippen MR) is 167 cm³/mol. The minimum absolute atomic E-state index is 0.114. The maximum absolute atomic E-state index is 13.1. The van der Waals surface area contributed by atoms with E-state index in [4.69, 9.17) is 18.9 Å². The van der Waals surface area contributed by atoms with Crippen LogP contribution in [0.5, 0.6) is 0 Å². The summed E-state index contributed by atoms with van der Waals surface area (Å²) in [5, 5.41) is 2.36. The molecule has 4 atom stereocenters. The Morgan fingerprint density at radius 3 is 1.63 bits per heavy atom. The Hall–Kier alpha value is -5.01. The third kappa shape index (κ3) is 7.61. The van der Waals surface area contributed by atoms with Crippen LogP contribution in [0.2, 0.25) is 0 Å². The van der Waals surface area contributed by atoms with Crippen LogP contribution in [0.25, 0.3) is 11.4 Å². The third-order valence-electron chi connectivity index (χ3n) is 7.62. The number of hydrazine groups is 2. The number of H-pyrrole nitrogens is 1. The van der Waals surface area contributed by atoms with Gasteiger partial charge in [0, 0.05) is 29.3 Å². The van der Waals surface area contributed by atoms with Crippen molar-refractivity contribution in [2.24, 2.45) is 0 Å². The normalized spacial score (nSPS) is 19.8. The van der Waals surface area contributed by atoms with Gasteiger partial charge in [0.25, 0.3) is 0 Å². The summed E-state index contributed by atoms with van der Waals surface area (Å²) in [6.45, 7) is 9.10. The van der Waals surface area contributed by atoms with E-state index in [0.717, 1.165) is 22.4 Å². The third-order valence-corrected chi connectivity index (χ3v) is 7.62. The van der Waals surface area contributed by atoms with Crippen LogP contribution in [0.1, 0.15) is 69.2 Å². The molecular formula is C32H42N6O8. The van der Waals surface area contributed by atoms with E-state index >= 15 is 0 Å². The number of amides is 4. The molecule has 0 saturated heterocycles. The van der Waals surface area contributed by atoms with Crippen molar-refractivity contribution in [1.82, 2.24) is 30.8 Å². The molecule has 0 fully saturated rings. The van der Waals surface area contributed by atoms with Crippen LogP contribution in [0.3, 0.4) is 0 Å². The highest BCUT2D eigenvalue weighted by Crippen LogP contribution is 2.44. The van der Waals surface area contributed by atoms with Gasteiger partial charge in [-0.25, -0.2) is 45.0 Å². The zero-order valence-corrected chi connectivity index (χ0v) is 26.8. The first-order valence-corrected chi connectivity index (χ1v) is 15.5. The van der Waals surface area contributed by atoms with Gasteiger partial charge in [-0.1, -0.05) is 42.5 Å². The van der Waals surface area contributed by atoms with Crippen LogP contribution >= 0.6 is 0 Å². The molecule has 0 saturated carbocycles. The molecule has 1 heterocycles. The highest BCUT2D eigenvalue weighted by molar-refractivity contribution is 5.76. The predicted octanol–water partition coefficient (Wildman–Crippen LogP) is 5.45. The number of aryl methyl sites for hydroxylation is 1. The van der Waals surface area contributed by atoms with Gasteiger partial charge >= 0.3 is 24.4 Å². The Labute approximate surface area is 268 Å². The number of ether oxygens (including phenoxy) is 4. The zero-order chi connectivity index (χ0) is 33.2. The van der Waals surface area contributed by atoms with Crippen LogP contribution < -0.4 is 10.9 Å². The molecule has 0 spiro atoms. The second kappa shape index (κ2) is 15.8. The summed E-state index contributed by atoms with van der Waals surface area (Å²) in [6, 6.07) is 4.70. The largest absolute Gasteiger partial charge is 0.449 e. The monoisotopic (exact) mass is 638 g/mol. The van der Waals surface area contributed by atoms with Crippen molar-refractivity contribution >= 4 is 24.4 Å². The van der Waals surface area contributed by atoms with Crippen LogP contribution in [0.4, 0.5) is 19.2 Å². The van der Waals surface area contributed by atoms with Crippen LogP contribution in [0.15, 0.2) is 48.7 Å². The molecule has 1 aromatic heterocycles. The van der Waals surface area contributed by atoms with Gasteiger partial charge in [0.1, 0.15) is 5.82 Å². The highest BCUT2D eigenvalue weighted by atomic mass is 16.6. The average Bonchev–Trinajstić information content (AvgIpc) is 3.80. The number of hydrogen-bond donors (Lipinski definition) is 3. The number of imidazole rings is 1. The lowest BCUT2D eigenvalue weighted by Crippen LogP contribution is -2.53. The first-order valence-electron chi connectivity index (χ1n) is 15.5. The average molecular weight is 639 g/mol. The van der Waals surface area contributed by atoms with Crippen LogP contribution in [-0.4, -0.2) is 82.9 Å². The molecule has 2 aromatic rings. The topological polar surface area (TPSA) is 164 Å². The van der Waals surface area contributed by atoms with Crippen molar-refractivity contribution in [2.45, 2.75) is 71.4 Å². The number of nitrogens with one attached hydrogen (secondary N) is 3. The van der Waals surface area contributed by atoms with E-state index in [1.54, 1.807) is 33.9 Å². The second-order valence-corrected chi connectivity index (χ2v) is 10.5. The van der Waals surface area contributed by atoms with Crippen LogP contribution in [-0.2, 0) is 18.9 Å². The van der Waals surface area contributed by atoms with E-state index in [1.165, 1.54) is 10.0 Å². The smallest absolute Gasteiger partial charge is 0.429 e. The molecule has 2 aliphatic rings. The summed E-state index contributed by atoms with van der Waals surface area (Å²) in [6.07, 6.45) is 7.47. The maximum Gasteiger partial charge on any atom is 0.429 e. The fourth-order valence-corrected chi connectivity index (χ4v) is 5.83. The van der Waals surface area contributed by atoms with Gasteiger partial charge in [-0.2, -0.15) is 0 Å². The summed E-state index contributed by atoms with van der Waals surface area (Å²) in [7, 11) is 0. The molecule has 248 valence electrons. The number of hydrogen-bond acceptors (Lipinski definition) is 9. The van der Waals surface area contributed by atoms with Crippen LogP contribution in [0, 0.1) is 6.92 Å². The molecular weight excluding hydrogens is 596 g/mol. The van der Waals surface area contributed by atoms with Gasteiger partial charge in [0.05, 0.1) is 38.5 Å². The van der Waals surface area contributed by atoms with Crippen molar-refractivity contribution < 1.29 is 38.1 Å². The van der Waals surface area contributed by atoms with Gasteiger partial charge in [0.15, 0.2) is 0 Å². The molecule has 14 heteroatoms. The number of rotatable bonds is 9. The molecule has 1 aromatic carbocycles. The van der Waals surface area contributed by atoms with Crippen molar-refractivity contribution in [3.8, 4) is 11.4 Å². The summed E-state index contributed by atoms with van der Waals surface area (Å²) in [5.74, 6) is -0.202. The quantitative estimate of drug-likeness (QED) is 0.184. The Bertz CT molecular complexity index is 1370. The highest BCUT2D eigenvalue weighted by Gasteiger charge is 2.40. The lowest BCUT2D eigenvalue weighted by molar-refractivity contribution is 0.0538. The molecule has 14 nitrogen and oxygen atoms in total. The lowest BCUT2D eigenvalue weighted by atomic mass is 9.82. The molecule has 4 rings (SSSR count). The number of benzene rings is 1. The van der Waals surface area contributed by atoms with E-state index in [2.05, 4.69) is 20.8 Å². The fraction of sp³-hybridized carbons (Fsp3) is 0.469. The SMILES string of the molecule is CCOC(=O)NN(C(=O)OCC)[C@@H]1CC=C[C@H]1c1cccc([C@H]2C=CC[C@@H]2N(NC(=O)OCC)C(=O)OCC)c1-c1ncc(C)[nH]1. The number of nitrogens with zero attached hydrogens (tertiary/aromatic N) is 3. The molecule has 3 N–H and O–H groups in total. The van der Waals surface area contributed by atoms with Gasteiger partial charge in [0.2, 0.25) is 0 Å². The summed E-state index contributed by atoms with van der Waals surface area (Å²) >= 11 is 0. The van der Waals surface area contributed by atoms with Gasteiger partial charge in [-0.05, 0) is 58.6 Å². The maximum atomic E-state index is 13.1. The van der Waals surface area contributed by atoms with Gasteiger partial charge in [-0.3, -0.25) is 0 Å². The standard InChI is InChI=1S/C32H42N6O8/c1-6-43-29(39)35-37(31(41)45-8-3)25-17-11-13-21(25)23-15-10-16-24(27(23)28-33-19-20(5)34-28)22-14-12-18-26(22)38(32(42)46-9-4)36-30(40)44-7-2/h10-16,19,21-22,25-26H,6-9,17-18H2,1-5H3,(H,33,34)(H,35,39)(H,36,40)/t21-,22+,25+,26-. The van der Waals surface area contributed by atoms with Crippen molar-refractivity contribution in [3.05, 3.63) is 65.5 Å². The molecule has 0 unspecified atom stereocenters. The lowest BCUT2D eigenvalue weighted by Gasteiger charge is -2.34. The van der Waals surface area contributed by atoms with E-state index < -0.39 is 48.3 Å². The number of carbonyl (C=O) groups is 4. The van der Waals surface area contributed by atoms with E-state index in [1.807, 2.05) is 49.4 Å². The zero-order valence-electron chi connectivity index (χ0n) is 26.8. The molecule has 0 aliphatic heterocycles. The van der Waals surface area contributed by atoms with Crippen molar-refractivity contribution in [1.29, 1.82) is 0 Å². The molecule has 2 aliphatic carbocycles. The first kappa shape index (κ1) is 33.9. The molecule has 0 radical (unpaired) electrons. The molecule has 0 bridgehead atoms. The van der Waals surface area contributed by atoms with E-state index in [-0.39, 0.29) is 26.4 Å². The number of aromatic nitrogens is 2. The Morgan fingerprint density at radius 1 is 0.783 bits per heavy atom. The number of aromatic amines is 1. The summed E-state index contributed by atoms with van der Waals surface area (Å²) in [5.41, 5.74) is 8.38. The summed E-state index contributed by atoms with van der Waals surface area (Å²) < 4.78 is 20.8. The van der Waals surface area contributed by atoms with Gasteiger partial charge < -0.3 is 23.9 Å². The van der Waals surface area contributed by atoms with Gasteiger partial charge in [-0.15, -0.1) is 0 Å². The van der Waals surface area contributed by atoms with E-state index in [0.29, 0.717) is 18.7 Å². The van der Waals surface area contributed by atoms with Crippen molar-refractivity contribution in [3.63, 3.8) is 0 Å². The minimum Gasteiger partial charge on any atom is -0.449 e.